The average molecular weight is 339 g/mol. The number of hydrogen-bond donors (Lipinski definition) is 2. The van der Waals surface area contributed by atoms with Gasteiger partial charge in [-0.25, -0.2) is 0 Å². The molecule has 1 aliphatic carbocycles. The zero-order valence-electron chi connectivity index (χ0n) is 14.0. The highest BCUT2D eigenvalue weighted by Crippen LogP contribution is 2.28. The third kappa shape index (κ3) is 4.15. The predicted octanol–water partition coefficient (Wildman–Crippen LogP) is 3.91. The normalized spacial score (nSPS) is 13.0. The van der Waals surface area contributed by atoms with Crippen molar-refractivity contribution in [1.82, 2.24) is 0 Å². The average Bonchev–Trinajstić information content (AvgIpc) is 2.62. The molecule has 0 heterocycles. The van der Waals surface area contributed by atoms with Crippen LogP contribution in [0.1, 0.15) is 30.4 Å². The van der Waals surface area contributed by atoms with Crippen molar-refractivity contribution in [2.24, 2.45) is 0 Å². The molecule has 6 heteroatoms. The molecule has 2 aromatic rings. The van der Waals surface area contributed by atoms with E-state index in [2.05, 4.69) is 16.7 Å². The van der Waals surface area contributed by atoms with E-state index in [9.17, 15) is 14.9 Å². The quantitative estimate of drug-likeness (QED) is 0.617. The van der Waals surface area contributed by atoms with Crippen molar-refractivity contribution in [3.63, 3.8) is 0 Å². The van der Waals surface area contributed by atoms with Crippen molar-refractivity contribution >= 4 is 23.0 Å². The molecule has 0 saturated carbocycles. The number of amides is 1. The van der Waals surface area contributed by atoms with Crippen LogP contribution < -0.4 is 10.6 Å². The van der Waals surface area contributed by atoms with E-state index < -0.39 is 4.92 Å². The number of nitrogens with one attached hydrogen (secondary N) is 2. The Labute approximate surface area is 146 Å². The smallest absolute Gasteiger partial charge is 0.292 e. The molecular formula is C19H21N3O3. The monoisotopic (exact) mass is 339 g/mol. The fraction of sp³-hybridized carbons (Fsp3) is 0.316. The van der Waals surface area contributed by atoms with Crippen LogP contribution >= 0.6 is 0 Å². The number of nitrogens with zero attached hydrogens (tertiary/aromatic N) is 1. The third-order valence-electron chi connectivity index (χ3n) is 4.44. The molecule has 0 saturated heterocycles. The van der Waals surface area contributed by atoms with Crippen LogP contribution in [0.3, 0.4) is 0 Å². The van der Waals surface area contributed by atoms with Gasteiger partial charge in [0.1, 0.15) is 5.69 Å². The van der Waals surface area contributed by atoms with Gasteiger partial charge in [0, 0.05) is 24.7 Å². The summed E-state index contributed by atoms with van der Waals surface area (Å²) in [5.41, 5.74) is 3.90. The van der Waals surface area contributed by atoms with Crippen LogP contribution in [0.25, 0.3) is 0 Å². The fourth-order valence-electron chi connectivity index (χ4n) is 3.20. The summed E-state index contributed by atoms with van der Waals surface area (Å²) < 4.78 is 0. The molecule has 0 bridgehead atoms. The van der Waals surface area contributed by atoms with Crippen LogP contribution in [-0.4, -0.2) is 17.4 Å². The number of rotatable bonds is 6. The zero-order valence-corrected chi connectivity index (χ0v) is 14.0. The molecule has 130 valence electrons. The van der Waals surface area contributed by atoms with Gasteiger partial charge in [-0.15, -0.1) is 0 Å². The minimum Gasteiger partial charge on any atom is -0.379 e. The fourth-order valence-corrected chi connectivity index (χ4v) is 3.20. The van der Waals surface area contributed by atoms with E-state index in [0.717, 1.165) is 24.9 Å². The van der Waals surface area contributed by atoms with Crippen molar-refractivity contribution in [2.45, 2.75) is 32.1 Å². The topological polar surface area (TPSA) is 84.3 Å². The Morgan fingerprint density at radius 1 is 1.04 bits per heavy atom. The molecule has 0 atom stereocenters. The number of anilines is 2. The summed E-state index contributed by atoms with van der Waals surface area (Å²) in [6.07, 6.45) is 4.66. The van der Waals surface area contributed by atoms with E-state index in [1.54, 1.807) is 18.2 Å². The first-order valence-corrected chi connectivity index (χ1v) is 8.53. The van der Waals surface area contributed by atoms with Crippen LogP contribution in [-0.2, 0) is 17.6 Å². The number of carbonyl (C=O) groups is 1. The molecule has 25 heavy (non-hydrogen) atoms. The van der Waals surface area contributed by atoms with Crippen molar-refractivity contribution < 1.29 is 9.72 Å². The second-order valence-corrected chi connectivity index (χ2v) is 6.15. The van der Waals surface area contributed by atoms with E-state index in [0.29, 0.717) is 12.2 Å². The van der Waals surface area contributed by atoms with Gasteiger partial charge in [-0.05, 0) is 48.9 Å². The lowest BCUT2D eigenvalue weighted by Crippen LogP contribution is -2.18. The van der Waals surface area contributed by atoms with E-state index in [-0.39, 0.29) is 18.0 Å². The second-order valence-electron chi connectivity index (χ2n) is 6.15. The van der Waals surface area contributed by atoms with E-state index in [1.807, 2.05) is 12.1 Å². The number of benzene rings is 2. The molecule has 2 aromatic carbocycles. The molecule has 1 amide bonds. The standard InChI is InChI=1S/C19H21N3O3/c23-19(12-13-20-17-9-3-4-11-18(17)22(24)25)21-16-10-5-7-14-6-1-2-8-15(14)16/h3-5,7,9-11,20H,1-2,6,8,12-13H2,(H,21,23). The lowest BCUT2D eigenvalue weighted by Gasteiger charge is -2.19. The molecule has 1 aliphatic rings. The molecule has 6 nitrogen and oxygen atoms in total. The van der Waals surface area contributed by atoms with Crippen molar-refractivity contribution in [3.8, 4) is 0 Å². The number of nitro groups is 1. The van der Waals surface area contributed by atoms with Crippen LogP contribution in [0.4, 0.5) is 17.1 Å². The number of nitro benzene ring substituents is 1. The first-order chi connectivity index (χ1) is 12.1. The first-order valence-electron chi connectivity index (χ1n) is 8.53. The van der Waals surface area contributed by atoms with Crippen LogP contribution in [0.15, 0.2) is 42.5 Å². The minimum absolute atomic E-state index is 0.0139. The van der Waals surface area contributed by atoms with Crippen LogP contribution in [0, 0.1) is 10.1 Å². The van der Waals surface area contributed by atoms with E-state index >= 15 is 0 Å². The summed E-state index contributed by atoms with van der Waals surface area (Å²) in [6.45, 7) is 0.339. The van der Waals surface area contributed by atoms with Gasteiger partial charge in [-0.2, -0.15) is 0 Å². The van der Waals surface area contributed by atoms with Crippen LogP contribution in [0.2, 0.25) is 0 Å². The largest absolute Gasteiger partial charge is 0.379 e. The van der Waals surface area contributed by atoms with Crippen molar-refractivity contribution in [1.29, 1.82) is 0 Å². The Kier molecular flexibility index (Phi) is 5.28. The Bertz CT molecular complexity index is 789. The molecule has 0 unspecified atom stereocenters. The second kappa shape index (κ2) is 7.79. The van der Waals surface area contributed by atoms with Gasteiger partial charge in [0.25, 0.3) is 5.69 Å². The van der Waals surface area contributed by atoms with E-state index in [4.69, 9.17) is 0 Å². The van der Waals surface area contributed by atoms with Crippen molar-refractivity contribution in [3.05, 3.63) is 63.7 Å². The lowest BCUT2D eigenvalue weighted by molar-refractivity contribution is -0.384. The van der Waals surface area contributed by atoms with Gasteiger partial charge in [0.05, 0.1) is 4.92 Å². The third-order valence-corrected chi connectivity index (χ3v) is 4.44. The predicted molar refractivity (Wildman–Crippen MR) is 97.9 cm³/mol. The molecule has 0 aromatic heterocycles. The molecule has 0 aliphatic heterocycles. The van der Waals surface area contributed by atoms with Gasteiger partial charge >= 0.3 is 0 Å². The highest BCUT2D eigenvalue weighted by Gasteiger charge is 2.15. The van der Waals surface area contributed by atoms with Crippen molar-refractivity contribution in [2.75, 3.05) is 17.2 Å². The molecule has 0 fully saturated rings. The highest BCUT2D eigenvalue weighted by atomic mass is 16.6. The Hall–Kier alpha value is -2.89. The van der Waals surface area contributed by atoms with Gasteiger partial charge in [-0.1, -0.05) is 24.3 Å². The summed E-state index contributed by atoms with van der Waals surface area (Å²) in [4.78, 5) is 22.8. The zero-order chi connectivity index (χ0) is 17.6. The SMILES string of the molecule is O=C(CCNc1ccccc1[N+](=O)[O-])Nc1cccc2c1CCCC2. The number of aryl methyl sites for hydroxylation is 1. The maximum absolute atomic E-state index is 12.2. The summed E-state index contributed by atoms with van der Waals surface area (Å²) >= 11 is 0. The molecule has 0 radical (unpaired) electrons. The van der Waals surface area contributed by atoms with E-state index in [1.165, 1.54) is 23.6 Å². The highest BCUT2D eigenvalue weighted by molar-refractivity contribution is 5.92. The van der Waals surface area contributed by atoms with Gasteiger partial charge < -0.3 is 10.6 Å². The molecule has 0 spiro atoms. The molecule has 3 rings (SSSR count). The summed E-state index contributed by atoms with van der Waals surface area (Å²) in [5.74, 6) is -0.0925. The molecular weight excluding hydrogens is 318 g/mol. The molecule has 2 N–H and O–H groups in total. The first kappa shape index (κ1) is 17.0. The number of para-hydroxylation sites is 2. The number of carbonyl (C=O) groups excluding carboxylic acids is 1. The van der Waals surface area contributed by atoms with Gasteiger partial charge in [-0.3, -0.25) is 14.9 Å². The lowest BCUT2D eigenvalue weighted by atomic mass is 9.90. The summed E-state index contributed by atoms with van der Waals surface area (Å²) in [6, 6.07) is 12.5. The Morgan fingerprint density at radius 3 is 2.64 bits per heavy atom. The van der Waals surface area contributed by atoms with Gasteiger partial charge in [0.15, 0.2) is 0 Å². The summed E-state index contributed by atoms with van der Waals surface area (Å²) in [7, 11) is 0. The Balaban J connectivity index is 1.57. The number of fused-ring (bicyclic) bond motifs is 1. The number of hydrogen-bond acceptors (Lipinski definition) is 4. The Morgan fingerprint density at radius 2 is 1.80 bits per heavy atom. The maximum Gasteiger partial charge on any atom is 0.292 e. The maximum atomic E-state index is 12.2. The minimum atomic E-state index is -0.432. The summed E-state index contributed by atoms with van der Waals surface area (Å²) in [5, 5.41) is 16.9. The van der Waals surface area contributed by atoms with Crippen LogP contribution in [0.5, 0.6) is 0 Å². The van der Waals surface area contributed by atoms with Gasteiger partial charge in [0.2, 0.25) is 5.91 Å².